The van der Waals surface area contributed by atoms with Gasteiger partial charge < -0.3 is 5.11 Å². The Bertz CT molecular complexity index is 537. The van der Waals surface area contributed by atoms with E-state index < -0.39 is 0 Å². The SMILES string of the molecule is OCc1ccc(Cl)c(-c2cc(Cl)cc(Cl)c2)n1. The van der Waals surface area contributed by atoms with Crippen LogP contribution in [0, 0.1) is 0 Å². The molecule has 0 radical (unpaired) electrons. The van der Waals surface area contributed by atoms with E-state index in [1.165, 1.54) is 0 Å². The van der Waals surface area contributed by atoms with E-state index in [1.807, 2.05) is 0 Å². The molecule has 0 spiro atoms. The summed E-state index contributed by atoms with van der Waals surface area (Å²) < 4.78 is 0. The van der Waals surface area contributed by atoms with E-state index in [9.17, 15) is 0 Å². The third kappa shape index (κ3) is 2.90. The third-order valence-corrected chi connectivity index (χ3v) is 2.94. The summed E-state index contributed by atoms with van der Waals surface area (Å²) in [6, 6.07) is 8.43. The maximum atomic E-state index is 9.05. The van der Waals surface area contributed by atoms with E-state index >= 15 is 0 Å². The van der Waals surface area contributed by atoms with Crippen molar-refractivity contribution in [1.29, 1.82) is 0 Å². The Morgan fingerprint density at radius 1 is 1.00 bits per heavy atom. The number of rotatable bonds is 2. The minimum Gasteiger partial charge on any atom is -0.390 e. The molecular weight excluding hydrogens is 280 g/mol. The van der Waals surface area contributed by atoms with Gasteiger partial charge in [0.15, 0.2) is 0 Å². The van der Waals surface area contributed by atoms with Gasteiger partial charge >= 0.3 is 0 Å². The van der Waals surface area contributed by atoms with Gasteiger partial charge in [0.25, 0.3) is 0 Å². The number of aliphatic hydroxyl groups is 1. The van der Waals surface area contributed by atoms with E-state index in [0.717, 1.165) is 5.56 Å². The summed E-state index contributed by atoms with van der Waals surface area (Å²) in [7, 11) is 0. The first-order valence-corrected chi connectivity index (χ1v) is 5.96. The second-order valence-electron chi connectivity index (χ2n) is 3.45. The quantitative estimate of drug-likeness (QED) is 0.898. The van der Waals surface area contributed by atoms with Crippen LogP contribution in [0.2, 0.25) is 15.1 Å². The minimum atomic E-state index is -0.140. The third-order valence-electron chi connectivity index (χ3n) is 2.20. The van der Waals surface area contributed by atoms with Crippen LogP contribution in [0.25, 0.3) is 11.3 Å². The smallest absolute Gasteiger partial charge is 0.0893 e. The highest BCUT2D eigenvalue weighted by molar-refractivity contribution is 6.36. The Balaban J connectivity index is 2.58. The van der Waals surface area contributed by atoms with Crippen LogP contribution in [0.1, 0.15) is 5.69 Å². The fourth-order valence-electron chi connectivity index (χ4n) is 1.46. The molecule has 0 saturated heterocycles. The average molecular weight is 289 g/mol. The molecule has 88 valence electrons. The number of aromatic nitrogens is 1. The lowest BCUT2D eigenvalue weighted by Gasteiger charge is -2.06. The van der Waals surface area contributed by atoms with Crippen LogP contribution in [0.15, 0.2) is 30.3 Å². The minimum absolute atomic E-state index is 0.140. The van der Waals surface area contributed by atoms with Crippen molar-refractivity contribution in [3.05, 3.63) is 51.1 Å². The van der Waals surface area contributed by atoms with Crippen LogP contribution < -0.4 is 0 Å². The lowest BCUT2D eigenvalue weighted by Crippen LogP contribution is -1.92. The zero-order valence-electron chi connectivity index (χ0n) is 8.62. The predicted octanol–water partition coefficient (Wildman–Crippen LogP) is 4.20. The van der Waals surface area contributed by atoms with Crippen molar-refractivity contribution in [2.75, 3.05) is 0 Å². The molecule has 0 aliphatic carbocycles. The predicted molar refractivity (Wildman–Crippen MR) is 70.6 cm³/mol. The average Bonchev–Trinajstić information content (AvgIpc) is 2.28. The molecular formula is C12H8Cl3NO. The summed E-state index contributed by atoms with van der Waals surface area (Å²) in [5, 5.41) is 10.6. The lowest BCUT2D eigenvalue weighted by atomic mass is 10.1. The summed E-state index contributed by atoms with van der Waals surface area (Å²) >= 11 is 17.9. The van der Waals surface area contributed by atoms with Gasteiger partial charge in [0.1, 0.15) is 0 Å². The monoisotopic (exact) mass is 287 g/mol. The van der Waals surface area contributed by atoms with Crippen LogP contribution in [0.5, 0.6) is 0 Å². The van der Waals surface area contributed by atoms with Crippen LogP contribution in [-0.4, -0.2) is 10.1 Å². The normalized spacial score (nSPS) is 10.6. The highest BCUT2D eigenvalue weighted by Gasteiger charge is 2.08. The van der Waals surface area contributed by atoms with Gasteiger partial charge in [-0.3, -0.25) is 0 Å². The van der Waals surface area contributed by atoms with Crippen molar-refractivity contribution in [3.8, 4) is 11.3 Å². The number of benzene rings is 1. The molecule has 0 amide bonds. The fourth-order valence-corrected chi connectivity index (χ4v) is 2.20. The number of hydrogen-bond donors (Lipinski definition) is 1. The van der Waals surface area contributed by atoms with E-state index in [0.29, 0.717) is 26.5 Å². The maximum absolute atomic E-state index is 9.05. The second-order valence-corrected chi connectivity index (χ2v) is 4.73. The Kier molecular flexibility index (Phi) is 3.89. The van der Waals surface area contributed by atoms with Gasteiger partial charge in [-0.05, 0) is 30.3 Å². The molecule has 0 aliphatic rings. The number of nitrogens with zero attached hydrogens (tertiary/aromatic N) is 1. The van der Waals surface area contributed by atoms with Gasteiger partial charge in [-0.2, -0.15) is 0 Å². The molecule has 0 unspecified atom stereocenters. The summed E-state index contributed by atoms with van der Waals surface area (Å²) in [5.41, 5.74) is 1.82. The molecule has 5 heteroatoms. The molecule has 17 heavy (non-hydrogen) atoms. The van der Waals surface area contributed by atoms with Crippen molar-refractivity contribution in [3.63, 3.8) is 0 Å². The second kappa shape index (κ2) is 5.23. The van der Waals surface area contributed by atoms with Crippen molar-refractivity contribution < 1.29 is 5.11 Å². The molecule has 1 N–H and O–H groups in total. The molecule has 0 bridgehead atoms. The summed E-state index contributed by atoms with van der Waals surface area (Å²) in [4.78, 5) is 4.24. The van der Waals surface area contributed by atoms with E-state index in [1.54, 1.807) is 30.3 Å². The topological polar surface area (TPSA) is 33.1 Å². The maximum Gasteiger partial charge on any atom is 0.0893 e. The Labute approximate surface area is 114 Å². The number of aliphatic hydroxyl groups excluding tert-OH is 1. The fraction of sp³-hybridized carbons (Fsp3) is 0.0833. The van der Waals surface area contributed by atoms with E-state index in [-0.39, 0.29) is 6.61 Å². The zero-order valence-corrected chi connectivity index (χ0v) is 10.9. The highest BCUT2D eigenvalue weighted by Crippen LogP contribution is 2.30. The molecule has 0 saturated carbocycles. The number of halogens is 3. The van der Waals surface area contributed by atoms with Gasteiger partial charge in [0, 0.05) is 15.6 Å². The Morgan fingerprint density at radius 2 is 1.65 bits per heavy atom. The first kappa shape index (κ1) is 12.7. The van der Waals surface area contributed by atoms with E-state index in [2.05, 4.69) is 4.98 Å². The standard InChI is InChI=1S/C12H8Cl3NO/c13-8-3-7(4-9(14)5-8)12-11(15)2-1-10(6-17)16-12/h1-5,17H,6H2. The van der Waals surface area contributed by atoms with Gasteiger partial charge in [0.05, 0.1) is 23.0 Å². The summed E-state index contributed by atoms with van der Waals surface area (Å²) in [6.07, 6.45) is 0. The largest absolute Gasteiger partial charge is 0.390 e. The van der Waals surface area contributed by atoms with Crippen LogP contribution in [-0.2, 0) is 6.61 Å². The molecule has 0 aliphatic heterocycles. The highest BCUT2D eigenvalue weighted by atomic mass is 35.5. The van der Waals surface area contributed by atoms with Crippen LogP contribution in [0.4, 0.5) is 0 Å². The lowest BCUT2D eigenvalue weighted by molar-refractivity contribution is 0.277. The van der Waals surface area contributed by atoms with Crippen LogP contribution in [0.3, 0.4) is 0 Å². The molecule has 1 heterocycles. The Morgan fingerprint density at radius 3 is 2.24 bits per heavy atom. The summed E-state index contributed by atoms with van der Waals surface area (Å²) in [6.45, 7) is -0.140. The summed E-state index contributed by atoms with van der Waals surface area (Å²) in [5.74, 6) is 0. The number of pyridine rings is 1. The zero-order chi connectivity index (χ0) is 12.4. The first-order valence-electron chi connectivity index (χ1n) is 4.83. The van der Waals surface area contributed by atoms with Gasteiger partial charge in [-0.1, -0.05) is 34.8 Å². The number of hydrogen-bond acceptors (Lipinski definition) is 2. The van der Waals surface area contributed by atoms with Crippen LogP contribution >= 0.6 is 34.8 Å². The van der Waals surface area contributed by atoms with Gasteiger partial charge in [0.2, 0.25) is 0 Å². The van der Waals surface area contributed by atoms with Crippen molar-refractivity contribution in [2.45, 2.75) is 6.61 Å². The molecule has 0 atom stereocenters. The van der Waals surface area contributed by atoms with Crippen molar-refractivity contribution in [1.82, 2.24) is 4.98 Å². The molecule has 1 aromatic heterocycles. The molecule has 1 aromatic carbocycles. The Hall–Kier alpha value is -0.800. The van der Waals surface area contributed by atoms with Gasteiger partial charge in [-0.25, -0.2) is 4.98 Å². The molecule has 0 fully saturated rings. The van der Waals surface area contributed by atoms with Gasteiger partial charge in [-0.15, -0.1) is 0 Å². The molecule has 2 aromatic rings. The van der Waals surface area contributed by atoms with Crippen molar-refractivity contribution in [2.24, 2.45) is 0 Å². The van der Waals surface area contributed by atoms with Crippen molar-refractivity contribution >= 4 is 34.8 Å². The molecule has 2 nitrogen and oxygen atoms in total. The first-order chi connectivity index (χ1) is 8.10. The molecule has 2 rings (SSSR count). The van der Waals surface area contributed by atoms with E-state index in [4.69, 9.17) is 39.9 Å².